The topological polar surface area (TPSA) is 84.5 Å². The number of hydrogen-bond acceptors (Lipinski definition) is 4. The molecule has 0 unspecified atom stereocenters. The third-order valence-corrected chi connectivity index (χ3v) is 6.32. The summed E-state index contributed by atoms with van der Waals surface area (Å²) in [6, 6.07) is 20.2. The lowest BCUT2D eigenvalue weighted by molar-refractivity contribution is 0.0953. The average molecular weight is 459 g/mol. The van der Waals surface area contributed by atoms with Gasteiger partial charge in [0.15, 0.2) is 0 Å². The van der Waals surface area contributed by atoms with Crippen molar-refractivity contribution in [1.82, 2.24) is 5.32 Å². The van der Waals surface area contributed by atoms with Gasteiger partial charge in [-0.2, -0.15) is 0 Å². The second-order valence-corrected chi connectivity index (χ2v) is 8.87. The molecule has 2 N–H and O–H groups in total. The van der Waals surface area contributed by atoms with Gasteiger partial charge in [0.1, 0.15) is 5.75 Å². The molecule has 0 saturated heterocycles. The molecule has 0 fully saturated rings. The van der Waals surface area contributed by atoms with Crippen molar-refractivity contribution in [3.8, 4) is 5.75 Å². The van der Waals surface area contributed by atoms with Crippen molar-refractivity contribution < 1.29 is 17.9 Å². The van der Waals surface area contributed by atoms with Crippen molar-refractivity contribution in [1.29, 1.82) is 0 Å². The number of sulfonamides is 1. The molecule has 1 amide bonds. The van der Waals surface area contributed by atoms with Crippen LogP contribution in [0.5, 0.6) is 5.75 Å². The van der Waals surface area contributed by atoms with E-state index < -0.39 is 10.0 Å². The predicted octanol–water partition coefficient (Wildman–Crippen LogP) is 4.51. The highest BCUT2D eigenvalue weighted by Gasteiger charge is 2.16. The second kappa shape index (κ2) is 10.3. The van der Waals surface area contributed by atoms with Gasteiger partial charge in [-0.25, -0.2) is 8.42 Å². The molecule has 6 nitrogen and oxygen atoms in total. The predicted molar refractivity (Wildman–Crippen MR) is 122 cm³/mol. The van der Waals surface area contributed by atoms with Gasteiger partial charge in [0.2, 0.25) is 0 Å². The van der Waals surface area contributed by atoms with Gasteiger partial charge in [0, 0.05) is 12.1 Å². The van der Waals surface area contributed by atoms with E-state index in [4.69, 9.17) is 16.3 Å². The Morgan fingerprint density at radius 3 is 2.42 bits per heavy atom. The van der Waals surface area contributed by atoms with Gasteiger partial charge >= 0.3 is 0 Å². The smallest absolute Gasteiger partial charge is 0.261 e. The van der Waals surface area contributed by atoms with Crippen molar-refractivity contribution in [2.75, 3.05) is 18.4 Å². The Morgan fingerprint density at radius 2 is 1.71 bits per heavy atom. The molecule has 0 radical (unpaired) electrons. The number of anilines is 1. The summed E-state index contributed by atoms with van der Waals surface area (Å²) in [5.74, 6) is 0.550. The number of para-hydroxylation sites is 1. The quantitative estimate of drug-likeness (QED) is 0.462. The maximum Gasteiger partial charge on any atom is 0.261 e. The van der Waals surface area contributed by atoms with Crippen LogP contribution >= 0.6 is 11.6 Å². The van der Waals surface area contributed by atoms with E-state index in [9.17, 15) is 13.2 Å². The van der Waals surface area contributed by atoms with Crippen LogP contribution in [0.4, 0.5) is 5.69 Å². The summed E-state index contributed by atoms with van der Waals surface area (Å²) in [6.45, 7) is 0.483. The molecule has 31 heavy (non-hydrogen) atoms. The lowest BCUT2D eigenvalue weighted by Gasteiger charge is -2.11. The van der Waals surface area contributed by atoms with Crippen LogP contribution in [0.1, 0.15) is 22.3 Å². The van der Waals surface area contributed by atoms with Crippen LogP contribution in [-0.2, 0) is 16.4 Å². The number of rotatable bonds is 9. The number of aryl methyl sites for hydroxylation is 1. The molecule has 0 aliphatic rings. The van der Waals surface area contributed by atoms with E-state index in [2.05, 4.69) is 10.0 Å². The van der Waals surface area contributed by atoms with E-state index in [1.807, 2.05) is 24.3 Å². The Morgan fingerprint density at radius 1 is 1.00 bits per heavy atom. The van der Waals surface area contributed by atoms with Crippen LogP contribution in [-0.4, -0.2) is 28.0 Å². The van der Waals surface area contributed by atoms with Gasteiger partial charge in [-0.15, -0.1) is 0 Å². The molecule has 0 aromatic heterocycles. The molecule has 0 aliphatic carbocycles. The molecule has 0 bridgehead atoms. The fraction of sp³-hybridized carbons (Fsp3) is 0.174. The molecule has 0 heterocycles. The van der Waals surface area contributed by atoms with E-state index in [-0.39, 0.29) is 21.5 Å². The summed E-state index contributed by atoms with van der Waals surface area (Å²) in [6.07, 6.45) is 1.51. The largest absolute Gasteiger partial charge is 0.496 e. The maximum atomic E-state index is 12.5. The van der Waals surface area contributed by atoms with Crippen LogP contribution in [0, 0.1) is 0 Å². The summed E-state index contributed by atoms with van der Waals surface area (Å²) >= 11 is 6.22. The Balaban J connectivity index is 1.57. The minimum atomic E-state index is -3.76. The number of ether oxygens (including phenoxy) is 1. The lowest BCUT2D eigenvalue weighted by Crippen LogP contribution is -2.25. The van der Waals surface area contributed by atoms with Crippen LogP contribution in [0.2, 0.25) is 5.02 Å². The average Bonchev–Trinajstić information content (AvgIpc) is 2.78. The maximum absolute atomic E-state index is 12.5. The monoisotopic (exact) mass is 458 g/mol. The first-order valence-corrected chi connectivity index (χ1v) is 11.5. The molecule has 3 aromatic carbocycles. The molecule has 3 aromatic rings. The summed E-state index contributed by atoms with van der Waals surface area (Å²) in [7, 11) is -2.13. The van der Waals surface area contributed by atoms with Crippen LogP contribution in [0.15, 0.2) is 77.7 Å². The van der Waals surface area contributed by atoms with Crippen LogP contribution in [0.3, 0.4) is 0 Å². The molecular formula is C23H23ClN2O4S. The number of methoxy groups -OCH3 is 1. The number of halogens is 1. The fourth-order valence-electron chi connectivity index (χ4n) is 3.03. The number of carbonyl (C=O) groups is 1. The number of carbonyl (C=O) groups excluding carboxylic acids is 1. The van der Waals surface area contributed by atoms with E-state index in [0.717, 1.165) is 24.2 Å². The number of benzene rings is 3. The Labute approximate surface area is 187 Å². The molecule has 162 valence electrons. The third kappa shape index (κ3) is 5.99. The van der Waals surface area contributed by atoms with Crippen molar-refractivity contribution in [2.45, 2.75) is 17.7 Å². The van der Waals surface area contributed by atoms with E-state index in [1.165, 1.54) is 30.3 Å². The van der Waals surface area contributed by atoms with Crippen LogP contribution < -0.4 is 14.8 Å². The molecular weight excluding hydrogens is 436 g/mol. The normalized spacial score (nSPS) is 11.0. The van der Waals surface area contributed by atoms with Crippen molar-refractivity contribution in [3.05, 3.63) is 88.9 Å². The summed E-state index contributed by atoms with van der Waals surface area (Å²) < 4.78 is 32.7. The first-order valence-electron chi connectivity index (χ1n) is 9.68. The van der Waals surface area contributed by atoms with Gasteiger partial charge in [0.05, 0.1) is 22.7 Å². The standard InChI is InChI=1S/C23H23ClN2O4S/c1-30-22-12-6-5-8-17(22)9-7-15-25-23(27)18-13-14-21(20(24)16-18)26-31(28,29)19-10-3-2-4-11-19/h2-6,8,10-14,16,26H,7,9,15H2,1H3,(H,25,27). The molecule has 3 rings (SSSR count). The highest BCUT2D eigenvalue weighted by molar-refractivity contribution is 7.92. The van der Waals surface area contributed by atoms with Gasteiger partial charge < -0.3 is 10.1 Å². The zero-order valence-corrected chi connectivity index (χ0v) is 18.5. The zero-order valence-electron chi connectivity index (χ0n) is 17.0. The lowest BCUT2D eigenvalue weighted by atomic mass is 10.1. The van der Waals surface area contributed by atoms with Crippen LogP contribution in [0.25, 0.3) is 0 Å². The molecule has 0 aliphatic heterocycles. The van der Waals surface area contributed by atoms with Gasteiger partial charge in [0.25, 0.3) is 15.9 Å². The molecule has 0 spiro atoms. The Bertz CT molecular complexity index is 1150. The second-order valence-electron chi connectivity index (χ2n) is 6.78. The Kier molecular flexibility index (Phi) is 7.55. The molecule has 0 saturated carbocycles. The van der Waals surface area contributed by atoms with Gasteiger partial charge in [-0.1, -0.05) is 48.0 Å². The fourth-order valence-corrected chi connectivity index (χ4v) is 4.42. The SMILES string of the molecule is COc1ccccc1CCCNC(=O)c1ccc(NS(=O)(=O)c2ccccc2)c(Cl)c1. The first kappa shape index (κ1) is 22.7. The van der Waals surface area contributed by atoms with Gasteiger partial charge in [-0.3, -0.25) is 9.52 Å². The third-order valence-electron chi connectivity index (χ3n) is 4.63. The Hall–Kier alpha value is -3.03. The van der Waals surface area contributed by atoms with E-state index in [0.29, 0.717) is 12.1 Å². The molecule has 0 atom stereocenters. The van der Waals surface area contributed by atoms with E-state index in [1.54, 1.807) is 25.3 Å². The van der Waals surface area contributed by atoms with Crippen molar-refractivity contribution in [3.63, 3.8) is 0 Å². The number of amides is 1. The molecule has 8 heteroatoms. The highest BCUT2D eigenvalue weighted by Crippen LogP contribution is 2.26. The highest BCUT2D eigenvalue weighted by atomic mass is 35.5. The summed E-state index contributed by atoms with van der Waals surface area (Å²) in [4.78, 5) is 12.5. The zero-order chi connectivity index (χ0) is 22.3. The van der Waals surface area contributed by atoms with E-state index >= 15 is 0 Å². The number of hydrogen-bond donors (Lipinski definition) is 2. The number of nitrogens with one attached hydrogen (secondary N) is 2. The van der Waals surface area contributed by atoms with Crippen molar-refractivity contribution in [2.24, 2.45) is 0 Å². The van der Waals surface area contributed by atoms with Crippen molar-refractivity contribution >= 4 is 33.2 Å². The minimum absolute atomic E-state index is 0.128. The summed E-state index contributed by atoms with van der Waals surface area (Å²) in [5, 5.41) is 2.99. The minimum Gasteiger partial charge on any atom is -0.496 e. The summed E-state index contributed by atoms with van der Waals surface area (Å²) in [5.41, 5.74) is 1.64. The van der Waals surface area contributed by atoms with Gasteiger partial charge in [-0.05, 0) is 54.8 Å². The first-order chi connectivity index (χ1) is 14.9.